The number of anilines is 1. The van der Waals surface area contributed by atoms with E-state index in [1.54, 1.807) is 11.3 Å². The number of hydrogen-bond donors (Lipinski definition) is 1. The number of rotatable bonds is 7. The van der Waals surface area contributed by atoms with E-state index in [4.69, 9.17) is 17.0 Å². The zero-order valence-corrected chi connectivity index (χ0v) is 14.8. The molecule has 21 heavy (non-hydrogen) atoms. The molecule has 118 valence electrons. The Bertz CT molecular complexity index is 480. The molecule has 0 amide bonds. The van der Waals surface area contributed by atoms with Crippen molar-refractivity contribution in [3.05, 3.63) is 16.5 Å². The molecule has 1 heterocycles. The van der Waals surface area contributed by atoms with Crippen molar-refractivity contribution in [1.82, 2.24) is 4.90 Å². The highest BCUT2D eigenvalue weighted by Gasteiger charge is 2.18. The average Bonchev–Trinajstić information content (AvgIpc) is 2.89. The van der Waals surface area contributed by atoms with Gasteiger partial charge < -0.3 is 15.0 Å². The van der Waals surface area contributed by atoms with Crippen LogP contribution >= 0.6 is 23.6 Å². The van der Waals surface area contributed by atoms with Crippen LogP contribution in [0.25, 0.3) is 0 Å². The van der Waals surface area contributed by atoms with E-state index in [2.05, 4.69) is 31.0 Å². The predicted molar refractivity (Wildman–Crippen MR) is 93.4 cm³/mol. The Morgan fingerprint density at radius 3 is 2.43 bits per heavy atom. The van der Waals surface area contributed by atoms with Crippen LogP contribution in [0.1, 0.15) is 48.8 Å². The summed E-state index contributed by atoms with van der Waals surface area (Å²) < 4.78 is 4.84. The Hall–Kier alpha value is -1.14. The predicted octanol–water partition coefficient (Wildman–Crippen LogP) is 3.92. The number of carbonyl (C=O) groups is 1. The van der Waals surface area contributed by atoms with Crippen LogP contribution in [-0.2, 0) is 11.2 Å². The third-order valence-corrected chi connectivity index (χ3v) is 4.59. The van der Waals surface area contributed by atoms with Gasteiger partial charge in [0.1, 0.15) is 5.00 Å². The van der Waals surface area contributed by atoms with Crippen LogP contribution in [0.4, 0.5) is 5.00 Å². The van der Waals surface area contributed by atoms with Crippen LogP contribution in [0.5, 0.6) is 0 Å². The molecule has 1 N–H and O–H groups in total. The SMILES string of the molecule is CCCN(CCC)C(=S)Nc1sc(CC)cc1C(=O)OC. The summed E-state index contributed by atoms with van der Waals surface area (Å²) in [5.74, 6) is -0.325. The number of aryl methyl sites for hydroxylation is 1. The zero-order chi connectivity index (χ0) is 15.8. The zero-order valence-electron chi connectivity index (χ0n) is 13.2. The van der Waals surface area contributed by atoms with Gasteiger partial charge >= 0.3 is 5.97 Å². The number of thiophene rings is 1. The summed E-state index contributed by atoms with van der Waals surface area (Å²) in [6.07, 6.45) is 2.96. The van der Waals surface area contributed by atoms with E-state index in [-0.39, 0.29) is 5.97 Å². The standard InChI is InChI=1S/C15H24N2O2S2/c1-5-8-17(9-6-2)15(20)16-13-12(14(18)19-4)10-11(7-3)21-13/h10H,5-9H2,1-4H3,(H,16,20). The van der Waals surface area contributed by atoms with Gasteiger partial charge in [0.05, 0.1) is 12.7 Å². The molecular weight excluding hydrogens is 304 g/mol. The van der Waals surface area contributed by atoms with Gasteiger partial charge in [-0.15, -0.1) is 11.3 Å². The molecule has 0 saturated heterocycles. The molecule has 0 radical (unpaired) electrons. The van der Waals surface area contributed by atoms with Crippen LogP contribution < -0.4 is 5.32 Å². The first-order valence-corrected chi connectivity index (χ1v) is 8.56. The molecular formula is C15H24N2O2S2. The quantitative estimate of drug-likeness (QED) is 0.607. The number of methoxy groups -OCH3 is 1. The molecule has 4 nitrogen and oxygen atoms in total. The highest BCUT2D eigenvalue weighted by atomic mass is 32.1. The van der Waals surface area contributed by atoms with Gasteiger partial charge in [-0.1, -0.05) is 20.8 Å². The van der Waals surface area contributed by atoms with Crippen LogP contribution in [0.15, 0.2) is 6.07 Å². The lowest BCUT2D eigenvalue weighted by Gasteiger charge is -2.24. The molecule has 0 spiro atoms. The van der Waals surface area contributed by atoms with Crippen LogP contribution in [-0.4, -0.2) is 36.2 Å². The van der Waals surface area contributed by atoms with Crippen molar-refractivity contribution in [3.63, 3.8) is 0 Å². The van der Waals surface area contributed by atoms with Gasteiger partial charge in [-0.3, -0.25) is 0 Å². The molecule has 1 aromatic rings. The second kappa shape index (κ2) is 9.00. The molecule has 0 saturated carbocycles. The third-order valence-electron chi connectivity index (χ3n) is 3.03. The molecule has 0 aliphatic carbocycles. The molecule has 1 rings (SSSR count). The van der Waals surface area contributed by atoms with Crippen molar-refractivity contribution in [3.8, 4) is 0 Å². The van der Waals surface area contributed by atoms with Crippen LogP contribution in [0, 0.1) is 0 Å². The molecule has 0 aliphatic heterocycles. The molecule has 0 aromatic carbocycles. The summed E-state index contributed by atoms with van der Waals surface area (Å²) in [5, 5.41) is 4.68. The minimum Gasteiger partial charge on any atom is -0.465 e. The highest BCUT2D eigenvalue weighted by molar-refractivity contribution is 7.80. The van der Waals surface area contributed by atoms with Crippen molar-refractivity contribution in [2.24, 2.45) is 0 Å². The second-order valence-corrected chi connectivity index (χ2v) is 6.24. The van der Waals surface area contributed by atoms with Crippen molar-refractivity contribution in [2.45, 2.75) is 40.0 Å². The minimum atomic E-state index is -0.325. The molecule has 0 bridgehead atoms. The van der Waals surface area contributed by atoms with E-state index >= 15 is 0 Å². The molecule has 1 aromatic heterocycles. The summed E-state index contributed by atoms with van der Waals surface area (Å²) >= 11 is 7.04. The van der Waals surface area contributed by atoms with Gasteiger partial charge in [-0.05, 0) is 37.5 Å². The maximum absolute atomic E-state index is 11.9. The lowest BCUT2D eigenvalue weighted by atomic mass is 10.2. The number of esters is 1. The number of ether oxygens (including phenoxy) is 1. The maximum Gasteiger partial charge on any atom is 0.340 e. The molecule has 0 atom stereocenters. The molecule has 0 aliphatic rings. The summed E-state index contributed by atoms with van der Waals surface area (Å²) in [6.45, 7) is 8.16. The van der Waals surface area contributed by atoms with Crippen molar-refractivity contribution >= 4 is 39.6 Å². The summed E-state index contributed by atoms with van der Waals surface area (Å²) in [7, 11) is 1.40. The Kier molecular flexibility index (Phi) is 7.67. The van der Waals surface area contributed by atoms with E-state index in [0.29, 0.717) is 10.7 Å². The van der Waals surface area contributed by atoms with Gasteiger partial charge in [0.15, 0.2) is 5.11 Å². The Morgan fingerprint density at radius 2 is 1.95 bits per heavy atom. The Balaban J connectivity index is 2.91. The molecule has 0 unspecified atom stereocenters. The van der Waals surface area contributed by atoms with Gasteiger partial charge in [-0.25, -0.2) is 4.79 Å². The number of carbonyl (C=O) groups excluding carboxylic acids is 1. The second-order valence-electron chi connectivity index (χ2n) is 4.72. The van der Waals surface area contributed by atoms with Gasteiger partial charge in [-0.2, -0.15) is 0 Å². The summed E-state index contributed by atoms with van der Waals surface area (Å²) in [6, 6.07) is 1.88. The number of nitrogens with zero attached hydrogens (tertiary/aromatic N) is 1. The Labute approximate surface area is 136 Å². The van der Waals surface area contributed by atoms with Gasteiger partial charge in [0, 0.05) is 18.0 Å². The van der Waals surface area contributed by atoms with E-state index in [1.807, 2.05) is 6.07 Å². The van der Waals surface area contributed by atoms with E-state index in [0.717, 1.165) is 42.2 Å². The largest absolute Gasteiger partial charge is 0.465 e. The van der Waals surface area contributed by atoms with Crippen LogP contribution in [0.2, 0.25) is 0 Å². The highest BCUT2D eigenvalue weighted by Crippen LogP contribution is 2.29. The monoisotopic (exact) mass is 328 g/mol. The average molecular weight is 329 g/mol. The number of hydrogen-bond acceptors (Lipinski definition) is 4. The first-order valence-electron chi connectivity index (χ1n) is 7.34. The fourth-order valence-corrected chi connectivity index (χ4v) is 3.33. The van der Waals surface area contributed by atoms with E-state index in [9.17, 15) is 4.79 Å². The van der Waals surface area contributed by atoms with Gasteiger partial charge in [0.25, 0.3) is 0 Å². The number of nitrogens with one attached hydrogen (secondary N) is 1. The Morgan fingerprint density at radius 1 is 1.33 bits per heavy atom. The first-order chi connectivity index (χ1) is 10.1. The van der Waals surface area contributed by atoms with E-state index < -0.39 is 0 Å². The fourth-order valence-electron chi connectivity index (χ4n) is 2.00. The summed E-state index contributed by atoms with van der Waals surface area (Å²) in [4.78, 5) is 15.1. The minimum absolute atomic E-state index is 0.325. The van der Waals surface area contributed by atoms with Crippen molar-refractivity contribution in [2.75, 3.05) is 25.5 Å². The third kappa shape index (κ3) is 4.97. The smallest absolute Gasteiger partial charge is 0.340 e. The lowest BCUT2D eigenvalue weighted by molar-refractivity contribution is 0.0602. The van der Waals surface area contributed by atoms with E-state index in [1.165, 1.54) is 7.11 Å². The molecule has 6 heteroatoms. The first kappa shape index (κ1) is 17.9. The van der Waals surface area contributed by atoms with Crippen LogP contribution in [0.3, 0.4) is 0 Å². The maximum atomic E-state index is 11.9. The number of thiocarbonyl (C=S) groups is 1. The lowest BCUT2D eigenvalue weighted by Crippen LogP contribution is -2.36. The normalized spacial score (nSPS) is 10.3. The molecule has 0 fully saturated rings. The van der Waals surface area contributed by atoms with Gasteiger partial charge in [0.2, 0.25) is 0 Å². The fraction of sp³-hybridized carbons (Fsp3) is 0.600. The summed E-state index contributed by atoms with van der Waals surface area (Å²) in [5.41, 5.74) is 0.564. The van der Waals surface area contributed by atoms with Crippen molar-refractivity contribution in [1.29, 1.82) is 0 Å². The topological polar surface area (TPSA) is 41.6 Å². The van der Waals surface area contributed by atoms with Crippen molar-refractivity contribution < 1.29 is 9.53 Å².